The molecule has 6 N–H and O–H groups in total. The lowest BCUT2D eigenvalue weighted by Crippen LogP contribution is -2.44. The molecule has 2 unspecified atom stereocenters. The van der Waals surface area contributed by atoms with E-state index < -0.39 is 17.9 Å². The van der Waals surface area contributed by atoms with Crippen molar-refractivity contribution in [3.8, 4) is 0 Å². The van der Waals surface area contributed by atoms with E-state index in [1.165, 1.54) is 5.56 Å². The second kappa shape index (κ2) is 8.62. The van der Waals surface area contributed by atoms with Crippen LogP contribution in [0, 0.1) is 5.92 Å². The molecule has 1 heterocycles. The molecule has 0 aromatic heterocycles. The third-order valence-corrected chi connectivity index (χ3v) is 4.42. The van der Waals surface area contributed by atoms with Crippen LogP contribution >= 0.6 is 0 Å². The number of nitrogens with one attached hydrogen (secondary N) is 2. The lowest BCUT2D eigenvalue weighted by Gasteiger charge is -2.27. The summed E-state index contributed by atoms with van der Waals surface area (Å²) >= 11 is 0. The maximum absolute atomic E-state index is 12.5. The summed E-state index contributed by atoms with van der Waals surface area (Å²) < 4.78 is 0. The number of primary amides is 1. The van der Waals surface area contributed by atoms with E-state index in [0.717, 1.165) is 18.5 Å². The summed E-state index contributed by atoms with van der Waals surface area (Å²) in [5, 5.41) is 5.68. The van der Waals surface area contributed by atoms with Gasteiger partial charge in [0.2, 0.25) is 11.8 Å². The maximum atomic E-state index is 12.5. The molecule has 0 saturated heterocycles. The lowest BCUT2D eigenvalue weighted by molar-refractivity contribution is -0.126. The van der Waals surface area contributed by atoms with Crippen LogP contribution in [0.1, 0.15) is 31.7 Å². The van der Waals surface area contributed by atoms with Gasteiger partial charge in [0.05, 0.1) is 18.6 Å². The minimum atomic E-state index is -0.762. The molecule has 1 aliphatic rings. The summed E-state index contributed by atoms with van der Waals surface area (Å²) in [6, 6.07) is 7.03. The van der Waals surface area contributed by atoms with Crippen LogP contribution in [0.4, 0.5) is 5.69 Å². The monoisotopic (exact) mass is 346 g/mol. The van der Waals surface area contributed by atoms with Crippen molar-refractivity contribution >= 4 is 23.3 Å². The number of hydrogen-bond acceptors (Lipinski definition) is 5. The zero-order valence-electron chi connectivity index (χ0n) is 14.5. The number of carbonyl (C=O) groups is 3. The zero-order valence-corrected chi connectivity index (χ0v) is 14.5. The normalized spacial score (nSPS) is 18.4. The average molecular weight is 346 g/mol. The van der Waals surface area contributed by atoms with Crippen molar-refractivity contribution in [3.63, 3.8) is 0 Å². The van der Waals surface area contributed by atoms with Crippen molar-refractivity contribution in [1.82, 2.24) is 5.32 Å². The number of fused-ring (bicyclic) bond motifs is 1. The van der Waals surface area contributed by atoms with Crippen LogP contribution in [0.2, 0.25) is 0 Å². The number of hydrogen-bond donors (Lipinski definition) is 4. The van der Waals surface area contributed by atoms with E-state index in [1.54, 1.807) is 0 Å². The SMILES string of the molecule is CC(CC(=O)C1CCc2ccccc2N1)C[C@H](N)C(=O)NCC(N)=O. The smallest absolute Gasteiger partial charge is 0.237 e. The molecular formula is C18H26N4O3. The number of amides is 2. The summed E-state index contributed by atoms with van der Waals surface area (Å²) in [6.07, 6.45) is 2.38. The Bertz CT molecular complexity index is 647. The van der Waals surface area contributed by atoms with Gasteiger partial charge in [-0.2, -0.15) is 0 Å². The van der Waals surface area contributed by atoms with E-state index >= 15 is 0 Å². The molecule has 2 rings (SSSR count). The van der Waals surface area contributed by atoms with Gasteiger partial charge in [0.15, 0.2) is 5.78 Å². The van der Waals surface area contributed by atoms with Gasteiger partial charge in [0.1, 0.15) is 0 Å². The van der Waals surface area contributed by atoms with Crippen LogP contribution in [-0.4, -0.2) is 36.2 Å². The molecular weight excluding hydrogens is 320 g/mol. The first-order valence-electron chi connectivity index (χ1n) is 8.55. The molecule has 3 atom stereocenters. The van der Waals surface area contributed by atoms with E-state index in [-0.39, 0.29) is 24.3 Å². The molecule has 1 aromatic carbocycles. The minimum absolute atomic E-state index is 0.0270. The highest BCUT2D eigenvalue weighted by Crippen LogP contribution is 2.26. The van der Waals surface area contributed by atoms with Crippen LogP contribution in [0.15, 0.2) is 24.3 Å². The molecule has 0 aliphatic carbocycles. The number of anilines is 1. The van der Waals surface area contributed by atoms with Gasteiger partial charge >= 0.3 is 0 Å². The Morgan fingerprint density at radius 2 is 2.04 bits per heavy atom. The maximum Gasteiger partial charge on any atom is 0.237 e. The number of nitrogens with two attached hydrogens (primary N) is 2. The standard InChI is InChI=1S/C18H26N4O3/c1-11(8-13(19)18(25)21-10-17(20)24)9-16(23)15-7-6-12-4-2-3-5-14(12)22-15/h2-5,11,13,15,22H,6-10,19H2,1H3,(H2,20,24)(H,21,25)/t11?,13-,15?/m0/s1. The molecule has 7 heteroatoms. The van der Waals surface area contributed by atoms with E-state index in [1.807, 2.05) is 25.1 Å². The van der Waals surface area contributed by atoms with Gasteiger partial charge in [-0.25, -0.2) is 0 Å². The van der Waals surface area contributed by atoms with Gasteiger partial charge in [0.25, 0.3) is 0 Å². The van der Waals surface area contributed by atoms with Crippen LogP contribution in [0.25, 0.3) is 0 Å². The van der Waals surface area contributed by atoms with Crippen molar-refractivity contribution in [3.05, 3.63) is 29.8 Å². The Hall–Kier alpha value is -2.41. The first kappa shape index (κ1) is 18.9. The van der Waals surface area contributed by atoms with Gasteiger partial charge in [-0.15, -0.1) is 0 Å². The topological polar surface area (TPSA) is 127 Å². The number of para-hydroxylation sites is 1. The third-order valence-electron chi connectivity index (χ3n) is 4.42. The van der Waals surface area contributed by atoms with Crippen LogP contribution < -0.4 is 22.1 Å². The Kier molecular flexibility index (Phi) is 6.52. The second-order valence-electron chi connectivity index (χ2n) is 6.69. The summed E-state index contributed by atoms with van der Waals surface area (Å²) in [5.41, 5.74) is 13.1. The van der Waals surface area contributed by atoms with Gasteiger partial charge in [0, 0.05) is 12.1 Å². The molecule has 0 spiro atoms. The van der Waals surface area contributed by atoms with Gasteiger partial charge in [-0.05, 0) is 36.8 Å². The molecule has 2 amide bonds. The van der Waals surface area contributed by atoms with E-state index in [2.05, 4.69) is 16.7 Å². The Morgan fingerprint density at radius 3 is 2.76 bits per heavy atom. The number of benzene rings is 1. The summed E-state index contributed by atoms with van der Waals surface area (Å²) in [7, 11) is 0. The highest BCUT2D eigenvalue weighted by atomic mass is 16.2. The molecule has 1 aliphatic heterocycles. The van der Waals surface area contributed by atoms with E-state index in [4.69, 9.17) is 11.5 Å². The summed E-state index contributed by atoms with van der Waals surface area (Å²) in [6.45, 7) is 1.67. The summed E-state index contributed by atoms with van der Waals surface area (Å²) in [4.78, 5) is 35.0. The van der Waals surface area contributed by atoms with E-state index in [0.29, 0.717) is 12.8 Å². The molecule has 0 bridgehead atoms. The van der Waals surface area contributed by atoms with Crippen molar-refractivity contribution in [2.24, 2.45) is 17.4 Å². The number of carbonyl (C=O) groups excluding carboxylic acids is 3. The van der Waals surface area contributed by atoms with E-state index in [9.17, 15) is 14.4 Å². The fourth-order valence-corrected chi connectivity index (χ4v) is 3.10. The zero-order chi connectivity index (χ0) is 18.4. The fourth-order valence-electron chi connectivity index (χ4n) is 3.10. The number of aryl methyl sites for hydroxylation is 1. The number of ketones is 1. The largest absolute Gasteiger partial charge is 0.375 e. The molecule has 25 heavy (non-hydrogen) atoms. The Labute approximate surface area is 147 Å². The molecule has 1 aromatic rings. The van der Waals surface area contributed by atoms with Crippen LogP contribution in [0.3, 0.4) is 0 Å². The first-order chi connectivity index (χ1) is 11.9. The predicted octanol–water partition coefficient (Wildman–Crippen LogP) is 0.328. The summed E-state index contributed by atoms with van der Waals surface area (Å²) in [5.74, 6) is -0.942. The molecule has 0 saturated carbocycles. The Balaban J connectivity index is 1.80. The minimum Gasteiger partial charge on any atom is -0.375 e. The van der Waals surface area contributed by atoms with Crippen molar-refractivity contribution in [2.75, 3.05) is 11.9 Å². The molecule has 136 valence electrons. The highest BCUT2D eigenvalue weighted by molar-refractivity contribution is 5.88. The van der Waals surface area contributed by atoms with Crippen molar-refractivity contribution in [2.45, 2.75) is 44.7 Å². The Morgan fingerprint density at radius 1 is 1.32 bits per heavy atom. The highest BCUT2D eigenvalue weighted by Gasteiger charge is 2.26. The first-order valence-corrected chi connectivity index (χ1v) is 8.55. The van der Waals surface area contributed by atoms with Crippen molar-refractivity contribution in [1.29, 1.82) is 0 Å². The lowest BCUT2D eigenvalue weighted by atomic mass is 9.89. The van der Waals surface area contributed by atoms with Gasteiger partial charge in [-0.1, -0.05) is 25.1 Å². The molecule has 0 fully saturated rings. The van der Waals surface area contributed by atoms with Gasteiger partial charge < -0.3 is 22.1 Å². The quantitative estimate of drug-likeness (QED) is 0.539. The molecule has 0 radical (unpaired) electrons. The van der Waals surface area contributed by atoms with Crippen molar-refractivity contribution < 1.29 is 14.4 Å². The van der Waals surface area contributed by atoms with Crippen LogP contribution in [0.5, 0.6) is 0 Å². The average Bonchev–Trinajstić information content (AvgIpc) is 2.58. The molecule has 7 nitrogen and oxygen atoms in total. The van der Waals surface area contributed by atoms with Gasteiger partial charge in [-0.3, -0.25) is 14.4 Å². The predicted molar refractivity (Wildman–Crippen MR) is 95.8 cm³/mol. The second-order valence-corrected chi connectivity index (χ2v) is 6.69. The third kappa shape index (κ3) is 5.56. The number of rotatable bonds is 8. The number of Topliss-reactive ketones (excluding diaryl/α,β-unsaturated/α-hetero) is 1. The fraction of sp³-hybridized carbons (Fsp3) is 0.500. The van der Waals surface area contributed by atoms with Crippen LogP contribution in [-0.2, 0) is 20.8 Å².